The molecule has 26 heavy (non-hydrogen) atoms. The molecule has 0 saturated carbocycles. The van der Waals surface area contributed by atoms with E-state index >= 15 is 0 Å². The topological polar surface area (TPSA) is 83.3 Å². The Morgan fingerprint density at radius 2 is 2.00 bits per heavy atom. The number of benzene rings is 1. The van der Waals surface area contributed by atoms with Crippen LogP contribution in [0.2, 0.25) is 0 Å². The molecule has 7 nitrogen and oxygen atoms in total. The van der Waals surface area contributed by atoms with Crippen molar-refractivity contribution in [2.24, 2.45) is 0 Å². The average molecular weight is 357 g/mol. The molecule has 1 atom stereocenters. The summed E-state index contributed by atoms with van der Waals surface area (Å²) in [6.45, 7) is 6.13. The molecule has 0 aliphatic carbocycles. The van der Waals surface area contributed by atoms with Crippen molar-refractivity contribution in [2.45, 2.75) is 45.3 Å². The number of hydrogen-bond acceptors (Lipinski definition) is 5. The lowest BCUT2D eigenvalue weighted by Gasteiger charge is -2.32. The van der Waals surface area contributed by atoms with Crippen molar-refractivity contribution >= 4 is 11.6 Å². The molecule has 1 saturated heterocycles. The van der Waals surface area contributed by atoms with Gasteiger partial charge in [-0.15, -0.1) is 5.10 Å². The Bertz CT molecular complexity index is 718. The number of aliphatic hydroxyl groups is 1. The number of aromatic nitrogens is 3. The molecular weight excluding hydrogens is 330 g/mol. The maximum Gasteiger partial charge on any atom is 0.253 e. The van der Waals surface area contributed by atoms with E-state index in [1.54, 1.807) is 13.1 Å². The zero-order valence-corrected chi connectivity index (χ0v) is 15.4. The van der Waals surface area contributed by atoms with E-state index in [0.29, 0.717) is 18.8 Å². The fraction of sp³-hybridized carbons (Fsp3) is 0.526. The molecule has 0 unspecified atom stereocenters. The first-order chi connectivity index (χ1) is 12.6. The number of amides is 1. The minimum absolute atomic E-state index is 0.0775. The molecule has 7 heteroatoms. The van der Waals surface area contributed by atoms with Gasteiger partial charge in [0.2, 0.25) is 0 Å². The van der Waals surface area contributed by atoms with Gasteiger partial charge in [-0.1, -0.05) is 12.1 Å². The summed E-state index contributed by atoms with van der Waals surface area (Å²) < 4.78 is 1.82. The van der Waals surface area contributed by atoms with Gasteiger partial charge in [0.05, 0.1) is 18.3 Å². The summed E-state index contributed by atoms with van der Waals surface area (Å²) in [6.07, 6.45) is 3.93. The van der Waals surface area contributed by atoms with Gasteiger partial charge in [0, 0.05) is 30.9 Å². The largest absolute Gasteiger partial charge is 0.387 e. The predicted octanol–water partition coefficient (Wildman–Crippen LogP) is 2.63. The molecule has 2 heterocycles. The summed E-state index contributed by atoms with van der Waals surface area (Å²) in [7, 11) is 0. The Kier molecular flexibility index (Phi) is 5.88. The van der Waals surface area contributed by atoms with Crippen LogP contribution in [0, 0.1) is 0 Å². The average Bonchev–Trinajstić information content (AvgIpc) is 3.17. The fourth-order valence-corrected chi connectivity index (χ4v) is 3.18. The minimum Gasteiger partial charge on any atom is -0.387 e. The van der Waals surface area contributed by atoms with Gasteiger partial charge in [-0.3, -0.25) is 4.79 Å². The van der Waals surface area contributed by atoms with Crippen LogP contribution in [0.4, 0.5) is 5.69 Å². The first kappa shape index (κ1) is 18.4. The van der Waals surface area contributed by atoms with E-state index in [1.807, 2.05) is 33.8 Å². The highest BCUT2D eigenvalue weighted by Crippen LogP contribution is 2.24. The van der Waals surface area contributed by atoms with E-state index in [9.17, 15) is 9.90 Å². The molecule has 1 aliphatic heterocycles. The number of nitrogens with zero attached hydrogens (tertiary/aromatic N) is 4. The number of carbonyl (C=O) groups excluding carboxylic acids is 1. The Balaban J connectivity index is 1.56. The number of nitrogens with one attached hydrogen (secondary N) is 1. The zero-order valence-electron chi connectivity index (χ0n) is 15.4. The van der Waals surface area contributed by atoms with Crippen LogP contribution in [0.25, 0.3) is 0 Å². The summed E-state index contributed by atoms with van der Waals surface area (Å²) >= 11 is 0. The molecule has 0 spiro atoms. The van der Waals surface area contributed by atoms with Crippen LogP contribution in [0.3, 0.4) is 0 Å². The van der Waals surface area contributed by atoms with E-state index in [-0.39, 0.29) is 11.9 Å². The second-order valence-electron chi connectivity index (χ2n) is 6.83. The predicted molar refractivity (Wildman–Crippen MR) is 100 cm³/mol. The van der Waals surface area contributed by atoms with Crippen molar-refractivity contribution in [2.75, 3.05) is 25.0 Å². The van der Waals surface area contributed by atoms with Crippen molar-refractivity contribution in [3.05, 3.63) is 41.7 Å². The van der Waals surface area contributed by atoms with Gasteiger partial charge < -0.3 is 15.3 Å². The van der Waals surface area contributed by atoms with Crippen LogP contribution in [-0.2, 0) is 0 Å². The summed E-state index contributed by atoms with van der Waals surface area (Å²) in [5, 5.41) is 21.0. The lowest BCUT2D eigenvalue weighted by molar-refractivity contribution is 0.0689. The Morgan fingerprint density at radius 3 is 2.58 bits per heavy atom. The van der Waals surface area contributed by atoms with Crippen LogP contribution in [0.5, 0.6) is 0 Å². The zero-order chi connectivity index (χ0) is 18.5. The number of hydrogen-bond donors (Lipinski definition) is 2. The van der Waals surface area contributed by atoms with Crippen molar-refractivity contribution in [1.82, 2.24) is 19.9 Å². The van der Waals surface area contributed by atoms with E-state index < -0.39 is 6.10 Å². The third-order valence-corrected chi connectivity index (χ3v) is 4.79. The van der Waals surface area contributed by atoms with Gasteiger partial charge in [0.15, 0.2) is 0 Å². The first-order valence-corrected chi connectivity index (χ1v) is 9.31. The molecule has 1 aromatic heterocycles. The van der Waals surface area contributed by atoms with Crippen LogP contribution < -0.4 is 5.32 Å². The van der Waals surface area contributed by atoms with Crippen LogP contribution in [0.15, 0.2) is 30.5 Å². The van der Waals surface area contributed by atoms with Gasteiger partial charge in [0.25, 0.3) is 5.91 Å². The molecule has 1 fully saturated rings. The van der Waals surface area contributed by atoms with E-state index in [4.69, 9.17) is 0 Å². The van der Waals surface area contributed by atoms with Crippen LogP contribution in [0.1, 0.15) is 61.3 Å². The second-order valence-corrected chi connectivity index (χ2v) is 6.83. The molecule has 2 aromatic rings. The van der Waals surface area contributed by atoms with Crippen LogP contribution in [-0.4, -0.2) is 50.5 Å². The first-order valence-electron chi connectivity index (χ1n) is 9.31. The van der Waals surface area contributed by atoms with Crippen molar-refractivity contribution in [3.63, 3.8) is 0 Å². The molecule has 140 valence electrons. The third kappa shape index (κ3) is 4.22. The van der Waals surface area contributed by atoms with E-state index in [2.05, 4.69) is 22.6 Å². The molecule has 1 aliphatic rings. The molecule has 0 bridgehead atoms. The monoisotopic (exact) mass is 357 g/mol. The maximum absolute atomic E-state index is 12.7. The van der Waals surface area contributed by atoms with Crippen molar-refractivity contribution in [3.8, 4) is 0 Å². The lowest BCUT2D eigenvalue weighted by atomic mass is 10.0. The molecule has 3 rings (SSSR count). The summed E-state index contributed by atoms with van der Waals surface area (Å²) in [5.74, 6) is 0.0775. The van der Waals surface area contributed by atoms with E-state index in [0.717, 1.165) is 37.1 Å². The standard InChI is InChI=1S/C19H27N5O2/c1-3-10-20-16-6-4-15(5-7-16)19(26)23-11-8-17(9-12-23)24-13-18(14(2)25)21-22-24/h4-7,13-14,17,20,25H,3,8-12H2,1-2H3/t14-/m1/s1. The summed E-state index contributed by atoms with van der Waals surface area (Å²) in [6, 6.07) is 7.92. The highest BCUT2D eigenvalue weighted by molar-refractivity contribution is 5.94. The normalized spacial score (nSPS) is 16.5. The second kappa shape index (κ2) is 8.31. The fourth-order valence-electron chi connectivity index (χ4n) is 3.18. The van der Waals surface area contributed by atoms with Gasteiger partial charge in [0.1, 0.15) is 5.69 Å². The number of piperidine rings is 1. The van der Waals surface area contributed by atoms with Crippen molar-refractivity contribution < 1.29 is 9.90 Å². The quantitative estimate of drug-likeness (QED) is 0.830. The third-order valence-electron chi connectivity index (χ3n) is 4.79. The van der Waals surface area contributed by atoms with E-state index in [1.165, 1.54) is 0 Å². The van der Waals surface area contributed by atoms with Crippen LogP contribution >= 0.6 is 0 Å². The molecular formula is C19H27N5O2. The highest BCUT2D eigenvalue weighted by Gasteiger charge is 2.25. The number of carbonyl (C=O) groups is 1. The lowest BCUT2D eigenvalue weighted by Crippen LogP contribution is -2.39. The SMILES string of the molecule is CCCNc1ccc(C(=O)N2CCC(n3cc([C@@H](C)O)nn3)CC2)cc1. The molecule has 2 N–H and O–H groups in total. The Morgan fingerprint density at radius 1 is 1.31 bits per heavy atom. The molecule has 1 amide bonds. The van der Waals surface area contributed by atoms with Crippen molar-refractivity contribution in [1.29, 1.82) is 0 Å². The van der Waals surface area contributed by atoms with Gasteiger partial charge in [-0.05, 0) is 50.5 Å². The van der Waals surface area contributed by atoms with Gasteiger partial charge in [-0.25, -0.2) is 4.68 Å². The Labute approximate surface area is 154 Å². The Hall–Kier alpha value is -2.41. The summed E-state index contributed by atoms with van der Waals surface area (Å²) in [5.41, 5.74) is 2.35. The number of likely N-dealkylation sites (tertiary alicyclic amines) is 1. The maximum atomic E-state index is 12.7. The molecule has 1 aromatic carbocycles. The number of anilines is 1. The molecule has 0 radical (unpaired) electrons. The summed E-state index contributed by atoms with van der Waals surface area (Å²) in [4.78, 5) is 14.6. The van der Waals surface area contributed by atoms with Gasteiger partial charge in [-0.2, -0.15) is 0 Å². The minimum atomic E-state index is -0.611. The number of aliphatic hydroxyl groups excluding tert-OH is 1. The highest BCUT2D eigenvalue weighted by atomic mass is 16.3. The number of rotatable bonds is 6. The smallest absolute Gasteiger partial charge is 0.253 e. The van der Waals surface area contributed by atoms with Gasteiger partial charge >= 0.3 is 0 Å².